The number of hydrogen-bond acceptors (Lipinski definition) is 4. The largest absolute Gasteiger partial charge is 0.391 e. The monoisotopic (exact) mass is 296 g/mol. The predicted octanol–water partition coefficient (Wildman–Crippen LogP) is 1.29. The van der Waals surface area contributed by atoms with Gasteiger partial charge in [-0.1, -0.05) is 30.4 Å². The van der Waals surface area contributed by atoms with Crippen molar-refractivity contribution in [2.75, 3.05) is 25.4 Å². The van der Waals surface area contributed by atoms with E-state index in [0.717, 1.165) is 4.90 Å². The van der Waals surface area contributed by atoms with Gasteiger partial charge in [0, 0.05) is 11.4 Å². The van der Waals surface area contributed by atoms with E-state index in [0.29, 0.717) is 30.4 Å². The molecule has 0 radical (unpaired) electrons. The van der Waals surface area contributed by atoms with Crippen LogP contribution in [0.3, 0.4) is 0 Å². The van der Waals surface area contributed by atoms with Crippen molar-refractivity contribution < 1.29 is 9.53 Å². The Morgan fingerprint density at radius 2 is 2.21 bits per heavy atom. The molecule has 1 fully saturated rings. The zero-order chi connectivity index (χ0) is 13.7. The predicted molar refractivity (Wildman–Crippen MR) is 80.3 cm³/mol. The van der Waals surface area contributed by atoms with E-state index in [1.807, 2.05) is 30.3 Å². The van der Waals surface area contributed by atoms with Gasteiger partial charge in [-0.15, -0.1) is 11.8 Å². The van der Waals surface area contributed by atoms with Gasteiger partial charge >= 0.3 is 0 Å². The summed E-state index contributed by atoms with van der Waals surface area (Å²) in [5.41, 5.74) is 5.56. The molecule has 0 aliphatic carbocycles. The van der Waals surface area contributed by atoms with Crippen LogP contribution in [0.1, 0.15) is 0 Å². The van der Waals surface area contributed by atoms with Crippen molar-refractivity contribution in [3.05, 3.63) is 30.3 Å². The first-order valence-electron chi connectivity index (χ1n) is 6.03. The standard InChI is InChI=1S/C13H16N2O2S2/c14-13(18)11-8-15(6-7-17-11)12(16)9-19-10-4-2-1-3-5-10/h1-5,11H,6-9H2,(H2,14,18). The second-order valence-corrected chi connectivity index (χ2v) is 5.72. The molecule has 1 aliphatic heterocycles. The van der Waals surface area contributed by atoms with Crippen LogP contribution in [-0.4, -0.2) is 47.3 Å². The molecule has 6 heteroatoms. The van der Waals surface area contributed by atoms with Gasteiger partial charge in [0.15, 0.2) is 0 Å². The summed E-state index contributed by atoms with van der Waals surface area (Å²) in [7, 11) is 0. The number of carbonyl (C=O) groups excluding carboxylic acids is 1. The van der Waals surface area contributed by atoms with Crippen LogP contribution in [0.2, 0.25) is 0 Å². The quantitative estimate of drug-likeness (QED) is 0.670. The van der Waals surface area contributed by atoms with Gasteiger partial charge in [-0.25, -0.2) is 0 Å². The molecule has 2 rings (SSSR count). The average molecular weight is 296 g/mol. The lowest BCUT2D eigenvalue weighted by Crippen LogP contribution is -2.50. The summed E-state index contributed by atoms with van der Waals surface area (Å²) in [6.45, 7) is 1.56. The fourth-order valence-corrected chi connectivity index (χ4v) is 2.77. The molecule has 102 valence electrons. The molecule has 1 aromatic rings. The normalized spacial score (nSPS) is 19.2. The third kappa shape index (κ3) is 4.19. The van der Waals surface area contributed by atoms with E-state index >= 15 is 0 Å². The Hall–Kier alpha value is -1.11. The van der Waals surface area contributed by atoms with Crippen molar-refractivity contribution in [2.24, 2.45) is 5.73 Å². The van der Waals surface area contributed by atoms with E-state index in [-0.39, 0.29) is 12.0 Å². The Morgan fingerprint density at radius 1 is 1.47 bits per heavy atom. The minimum atomic E-state index is -0.311. The van der Waals surface area contributed by atoms with Gasteiger partial charge in [-0.3, -0.25) is 4.79 Å². The maximum Gasteiger partial charge on any atom is 0.233 e. The highest BCUT2D eigenvalue weighted by Gasteiger charge is 2.25. The molecule has 1 unspecified atom stereocenters. The Morgan fingerprint density at radius 3 is 2.89 bits per heavy atom. The lowest BCUT2D eigenvalue weighted by molar-refractivity contribution is -0.133. The van der Waals surface area contributed by atoms with E-state index in [4.69, 9.17) is 22.7 Å². The van der Waals surface area contributed by atoms with E-state index in [1.54, 1.807) is 4.90 Å². The average Bonchev–Trinajstić information content (AvgIpc) is 2.46. The lowest BCUT2D eigenvalue weighted by Gasteiger charge is -2.32. The first-order chi connectivity index (χ1) is 9.16. The maximum atomic E-state index is 12.1. The molecule has 0 aromatic heterocycles. The summed E-state index contributed by atoms with van der Waals surface area (Å²) in [5.74, 6) is 0.520. The molecular formula is C13H16N2O2S2. The Kier molecular flexibility index (Phi) is 5.18. The Labute approximate surface area is 122 Å². The molecule has 4 nitrogen and oxygen atoms in total. The third-order valence-electron chi connectivity index (χ3n) is 2.84. The molecule has 1 atom stereocenters. The molecule has 19 heavy (non-hydrogen) atoms. The first kappa shape index (κ1) is 14.3. The van der Waals surface area contributed by atoms with Crippen LogP contribution in [-0.2, 0) is 9.53 Å². The maximum absolute atomic E-state index is 12.1. The summed E-state index contributed by atoms with van der Waals surface area (Å²) in [6, 6.07) is 9.87. The molecule has 0 spiro atoms. The topological polar surface area (TPSA) is 55.6 Å². The number of nitrogens with two attached hydrogens (primary N) is 1. The third-order valence-corrected chi connectivity index (χ3v) is 4.10. The van der Waals surface area contributed by atoms with Gasteiger partial charge in [-0.2, -0.15) is 0 Å². The van der Waals surface area contributed by atoms with Crippen molar-refractivity contribution in [1.82, 2.24) is 4.90 Å². The SMILES string of the molecule is NC(=S)C1CN(C(=O)CSc2ccccc2)CCO1. The number of thioether (sulfide) groups is 1. The number of rotatable bonds is 4. The molecule has 0 bridgehead atoms. The second kappa shape index (κ2) is 6.88. The van der Waals surface area contributed by atoms with Gasteiger partial charge in [0.1, 0.15) is 11.1 Å². The summed E-state index contributed by atoms with van der Waals surface area (Å²) in [4.78, 5) is 15.3. The minimum Gasteiger partial charge on any atom is -0.391 e. The Bertz CT molecular complexity index is 453. The fourth-order valence-electron chi connectivity index (χ4n) is 1.80. The number of amides is 1. The van der Waals surface area contributed by atoms with Crippen LogP contribution in [0.15, 0.2) is 35.2 Å². The molecule has 1 aromatic carbocycles. The van der Waals surface area contributed by atoms with E-state index < -0.39 is 0 Å². The number of nitrogens with zero attached hydrogens (tertiary/aromatic N) is 1. The molecule has 0 saturated carbocycles. The minimum absolute atomic E-state index is 0.0957. The molecule has 1 saturated heterocycles. The van der Waals surface area contributed by atoms with Crippen LogP contribution in [0.5, 0.6) is 0 Å². The van der Waals surface area contributed by atoms with E-state index in [9.17, 15) is 4.79 Å². The van der Waals surface area contributed by atoms with Crippen molar-refractivity contribution in [3.8, 4) is 0 Å². The summed E-state index contributed by atoms with van der Waals surface area (Å²) < 4.78 is 5.42. The van der Waals surface area contributed by atoms with Crippen molar-refractivity contribution >= 4 is 34.9 Å². The van der Waals surface area contributed by atoms with Crippen LogP contribution in [0.25, 0.3) is 0 Å². The van der Waals surface area contributed by atoms with Gasteiger partial charge in [0.05, 0.1) is 18.9 Å². The second-order valence-electron chi connectivity index (χ2n) is 4.20. The number of hydrogen-bond donors (Lipinski definition) is 1. The number of thiocarbonyl (C=S) groups is 1. The summed E-state index contributed by atoms with van der Waals surface area (Å²) in [6.07, 6.45) is -0.311. The highest BCUT2D eigenvalue weighted by atomic mass is 32.2. The molecule has 1 amide bonds. The number of carbonyl (C=O) groups is 1. The highest BCUT2D eigenvalue weighted by Crippen LogP contribution is 2.18. The van der Waals surface area contributed by atoms with Crippen molar-refractivity contribution in [2.45, 2.75) is 11.0 Å². The molecule has 1 aliphatic rings. The molecule has 2 N–H and O–H groups in total. The van der Waals surface area contributed by atoms with Crippen LogP contribution in [0, 0.1) is 0 Å². The van der Waals surface area contributed by atoms with Crippen LogP contribution in [0.4, 0.5) is 0 Å². The fraction of sp³-hybridized carbons (Fsp3) is 0.385. The van der Waals surface area contributed by atoms with Gasteiger partial charge in [0.2, 0.25) is 5.91 Å². The van der Waals surface area contributed by atoms with Crippen molar-refractivity contribution in [1.29, 1.82) is 0 Å². The van der Waals surface area contributed by atoms with E-state index in [2.05, 4.69) is 0 Å². The van der Waals surface area contributed by atoms with Crippen LogP contribution < -0.4 is 5.73 Å². The van der Waals surface area contributed by atoms with Crippen LogP contribution >= 0.6 is 24.0 Å². The van der Waals surface area contributed by atoms with Gasteiger partial charge in [-0.05, 0) is 12.1 Å². The summed E-state index contributed by atoms with van der Waals surface area (Å²) in [5, 5.41) is 0. The highest BCUT2D eigenvalue weighted by molar-refractivity contribution is 8.00. The van der Waals surface area contributed by atoms with Crippen molar-refractivity contribution in [3.63, 3.8) is 0 Å². The Balaban J connectivity index is 1.84. The lowest BCUT2D eigenvalue weighted by atomic mass is 10.2. The summed E-state index contributed by atoms with van der Waals surface area (Å²) >= 11 is 6.44. The van der Waals surface area contributed by atoms with Gasteiger partial charge in [0.25, 0.3) is 0 Å². The number of ether oxygens (including phenoxy) is 1. The zero-order valence-electron chi connectivity index (χ0n) is 10.5. The molecule has 1 heterocycles. The number of morpholine rings is 1. The molecular weight excluding hydrogens is 280 g/mol. The van der Waals surface area contributed by atoms with Gasteiger partial charge < -0.3 is 15.4 Å². The smallest absolute Gasteiger partial charge is 0.233 e. The zero-order valence-corrected chi connectivity index (χ0v) is 12.1. The first-order valence-corrected chi connectivity index (χ1v) is 7.43. The van der Waals surface area contributed by atoms with E-state index in [1.165, 1.54) is 11.8 Å². The number of benzene rings is 1.